The lowest BCUT2D eigenvalue weighted by atomic mass is 10.0. The van der Waals surface area contributed by atoms with E-state index in [0.717, 1.165) is 17.7 Å². The van der Waals surface area contributed by atoms with E-state index in [4.69, 9.17) is 4.74 Å². The molecule has 0 aromatic heterocycles. The molecule has 3 rings (SSSR count). The van der Waals surface area contributed by atoms with E-state index in [9.17, 15) is 28.8 Å². The van der Waals surface area contributed by atoms with Crippen LogP contribution >= 0.6 is 0 Å². The van der Waals surface area contributed by atoms with Gasteiger partial charge in [-0.1, -0.05) is 13.0 Å². The maximum atomic E-state index is 13.1. The van der Waals surface area contributed by atoms with Crippen LogP contribution in [0.3, 0.4) is 0 Å². The SMILES string of the molecule is CCC(C)N[C@@H](CCCCNC(=O)COc1cccc2c1C(=O)N(C1CCC(=O)NC1=O)C2=O)C(=O)NC(C)C. The van der Waals surface area contributed by atoms with Crippen molar-refractivity contribution in [2.45, 2.75) is 90.4 Å². The first-order chi connectivity index (χ1) is 19.0. The second-order valence-electron chi connectivity index (χ2n) is 10.5. The van der Waals surface area contributed by atoms with E-state index < -0.39 is 35.6 Å². The zero-order valence-electron chi connectivity index (χ0n) is 23.5. The molecule has 1 aromatic rings. The fraction of sp³-hybridized carbons (Fsp3) is 0.571. The number of nitrogens with zero attached hydrogens (tertiary/aromatic N) is 1. The third-order valence-electron chi connectivity index (χ3n) is 6.88. The van der Waals surface area contributed by atoms with Crippen molar-refractivity contribution in [2.75, 3.05) is 13.2 Å². The third kappa shape index (κ3) is 7.65. The Balaban J connectivity index is 1.49. The van der Waals surface area contributed by atoms with E-state index in [1.807, 2.05) is 20.8 Å². The molecule has 2 aliphatic heterocycles. The number of ether oxygens (including phenoxy) is 1. The Bertz CT molecular complexity index is 1150. The molecule has 6 amide bonds. The lowest BCUT2D eigenvalue weighted by Gasteiger charge is -2.27. The fourth-order valence-electron chi connectivity index (χ4n) is 4.64. The summed E-state index contributed by atoms with van der Waals surface area (Å²) in [6.45, 7) is 7.94. The number of unbranched alkanes of at least 4 members (excludes halogenated alkanes) is 1. The maximum Gasteiger partial charge on any atom is 0.266 e. The molecule has 4 N–H and O–H groups in total. The first-order valence-corrected chi connectivity index (χ1v) is 13.8. The summed E-state index contributed by atoms with van der Waals surface area (Å²) in [4.78, 5) is 75.6. The zero-order valence-corrected chi connectivity index (χ0v) is 23.5. The van der Waals surface area contributed by atoms with Gasteiger partial charge < -0.3 is 20.7 Å². The second-order valence-corrected chi connectivity index (χ2v) is 10.5. The van der Waals surface area contributed by atoms with Gasteiger partial charge in [-0.25, -0.2) is 0 Å². The highest BCUT2D eigenvalue weighted by atomic mass is 16.5. The Kier molecular flexibility index (Phi) is 10.8. The van der Waals surface area contributed by atoms with Crippen molar-refractivity contribution in [3.63, 3.8) is 0 Å². The monoisotopic (exact) mass is 557 g/mol. The highest BCUT2D eigenvalue weighted by Crippen LogP contribution is 2.33. The summed E-state index contributed by atoms with van der Waals surface area (Å²) >= 11 is 0. The number of fused-ring (bicyclic) bond motifs is 1. The lowest BCUT2D eigenvalue weighted by Crippen LogP contribution is -2.54. The number of carbonyl (C=O) groups excluding carboxylic acids is 6. The minimum Gasteiger partial charge on any atom is -0.483 e. The number of nitrogens with one attached hydrogen (secondary N) is 4. The molecule has 0 saturated carbocycles. The third-order valence-corrected chi connectivity index (χ3v) is 6.88. The van der Waals surface area contributed by atoms with Crippen LogP contribution in [0.1, 0.15) is 86.9 Å². The van der Waals surface area contributed by atoms with E-state index in [2.05, 4.69) is 28.2 Å². The summed E-state index contributed by atoms with van der Waals surface area (Å²) in [7, 11) is 0. The molecule has 2 aliphatic rings. The molecule has 0 bridgehead atoms. The summed E-state index contributed by atoms with van der Waals surface area (Å²) in [5.74, 6) is -2.87. The summed E-state index contributed by atoms with van der Waals surface area (Å²) in [6.07, 6.45) is 2.99. The maximum absolute atomic E-state index is 13.1. The van der Waals surface area contributed by atoms with Crippen LogP contribution in [-0.2, 0) is 19.2 Å². The van der Waals surface area contributed by atoms with Crippen molar-refractivity contribution in [3.05, 3.63) is 29.3 Å². The molecular weight excluding hydrogens is 518 g/mol. The van der Waals surface area contributed by atoms with E-state index in [1.165, 1.54) is 18.2 Å². The first kappa shape index (κ1) is 30.7. The quantitative estimate of drug-likeness (QED) is 0.195. The molecule has 12 heteroatoms. The van der Waals surface area contributed by atoms with Gasteiger partial charge in [-0.3, -0.25) is 39.0 Å². The summed E-state index contributed by atoms with van der Waals surface area (Å²) in [5, 5.41) is 11.2. The first-order valence-electron chi connectivity index (χ1n) is 13.8. The average Bonchev–Trinajstić information content (AvgIpc) is 3.16. The van der Waals surface area contributed by atoms with Crippen LogP contribution in [0.15, 0.2) is 18.2 Å². The molecule has 40 heavy (non-hydrogen) atoms. The molecule has 218 valence electrons. The predicted octanol–water partition coefficient (Wildman–Crippen LogP) is 1.03. The topological polar surface area (TPSA) is 163 Å². The van der Waals surface area contributed by atoms with Crippen LogP contribution in [-0.4, -0.2) is 77.7 Å². The van der Waals surface area contributed by atoms with Crippen LogP contribution in [0.25, 0.3) is 0 Å². The van der Waals surface area contributed by atoms with E-state index in [-0.39, 0.29) is 60.4 Å². The van der Waals surface area contributed by atoms with Crippen molar-refractivity contribution in [2.24, 2.45) is 0 Å². The van der Waals surface area contributed by atoms with Crippen molar-refractivity contribution >= 4 is 35.4 Å². The van der Waals surface area contributed by atoms with Gasteiger partial charge in [0.1, 0.15) is 11.8 Å². The van der Waals surface area contributed by atoms with Gasteiger partial charge in [-0.2, -0.15) is 0 Å². The normalized spacial score (nSPS) is 18.3. The Morgan fingerprint density at radius 1 is 1.10 bits per heavy atom. The zero-order chi connectivity index (χ0) is 29.4. The van der Waals surface area contributed by atoms with Crippen LogP contribution in [0.2, 0.25) is 0 Å². The van der Waals surface area contributed by atoms with Crippen LogP contribution < -0.4 is 26.0 Å². The number of hydrogen-bond donors (Lipinski definition) is 4. The van der Waals surface area contributed by atoms with Crippen molar-refractivity contribution in [1.82, 2.24) is 26.2 Å². The van der Waals surface area contributed by atoms with Crippen molar-refractivity contribution < 1.29 is 33.5 Å². The predicted molar refractivity (Wildman–Crippen MR) is 145 cm³/mol. The summed E-state index contributed by atoms with van der Waals surface area (Å²) in [5.41, 5.74) is 0.0687. The number of imide groups is 2. The van der Waals surface area contributed by atoms with Gasteiger partial charge in [0.15, 0.2) is 6.61 Å². The number of amides is 6. The number of piperidine rings is 1. The minimum atomic E-state index is -1.09. The lowest BCUT2D eigenvalue weighted by molar-refractivity contribution is -0.136. The molecule has 0 spiro atoms. The molecule has 0 aliphatic carbocycles. The average molecular weight is 558 g/mol. The van der Waals surface area contributed by atoms with Crippen molar-refractivity contribution in [3.8, 4) is 5.75 Å². The molecule has 1 fully saturated rings. The van der Waals surface area contributed by atoms with Gasteiger partial charge in [0.05, 0.1) is 17.2 Å². The Hall–Kier alpha value is -3.80. The molecule has 12 nitrogen and oxygen atoms in total. The van der Waals surface area contributed by atoms with Gasteiger partial charge in [-0.05, 0) is 65.0 Å². The number of rotatable bonds is 14. The van der Waals surface area contributed by atoms with E-state index >= 15 is 0 Å². The smallest absolute Gasteiger partial charge is 0.266 e. The minimum absolute atomic E-state index is 0.00970. The summed E-state index contributed by atoms with van der Waals surface area (Å²) < 4.78 is 5.60. The molecular formula is C28H39N5O7. The van der Waals surface area contributed by atoms with Crippen LogP contribution in [0.4, 0.5) is 0 Å². The van der Waals surface area contributed by atoms with Crippen LogP contribution in [0.5, 0.6) is 5.75 Å². The van der Waals surface area contributed by atoms with Gasteiger partial charge in [0.25, 0.3) is 17.7 Å². The van der Waals surface area contributed by atoms with Crippen LogP contribution in [0, 0.1) is 0 Å². The molecule has 2 heterocycles. The number of carbonyl (C=O) groups is 6. The van der Waals surface area contributed by atoms with Gasteiger partial charge in [0, 0.05) is 25.0 Å². The largest absolute Gasteiger partial charge is 0.483 e. The van der Waals surface area contributed by atoms with Crippen molar-refractivity contribution in [1.29, 1.82) is 0 Å². The Labute approximate surface area is 233 Å². The molecule has 3 atom stereocenters. The Morgan fingerprint density at radius 2 is 1.85 bits per heavy atom. The highest BCUT2D eigenvalue weighted by molar-refractivity contribution is 6.24. The highest BCUT2D eigenvalue weighted by Gasteiger charge is 2.46. The van der Waals surface area contributed by atoms with Gasteiger partial charge in [-0.15, -0.1) is 0 Å². The molecule has 1 aromatic carbocycles. The second kappa shape index (κ2) is 14.0. The Morgan fingerprint density at radius 3 is 2.52 bits per heavy atom. The molecule has 2 unspecified atom stereocenters. The van der Waals surface area contributed by atoms with Gasteiger partial charge >= 0.3 is 0 Å². The fourth-order valence-corrected chi connectivity index (χ4v) is 4.64. The van der Waals surface area contributed by atoms with E-state index in [0.29, 0.717) is 19.4 Å². The van der Waals surface area contributed by atoms with E-state index in [1.54, 1.807) is 0 Å². The number of benzene rings is 1. The van der Waals surface area contributed by atoms with Gasteiger partial charge in [0.2, 0.25) is 17.7 Å². The number of hydrogen-bond acceptors (Lipinski definition) is 8. The molecule has 1 saturated heterocycles. The summed E-state index contributed by atoms with van der Waals surface area (Å²) in [6, 6.07) is 3.33. The molecule has 0 radical (unpaired) electrons. The standard InChI is InChI=1S/C28H39N5O7/c1-5-17(4)31-19(25(36)30-16(2)3)10-6-7-14-29-23(35)15-40-21-11-8-9-18-24(21)28(39)33(27(18)38)20-12-13-22(34)32-26(20)37/h8-9,11,16-17,19-20,31H,5-7,10,12-15H2,1-4H3,(H,29,35)(H,30,36)(H,32,34,37)/t17?,19-,20?/m0/s1.